The summed E-state index contributed by atoms with van der Waals surface area (Å²) in [5.41, 5.74) is 5.26. The number of aryl methyl sites for hydroxylation is 1. The zero-order valence-corrected chi connectivity index (χ0v) is 19.0. The Labute approximate surface area is 185 Å². The van der Waals surface area contributed by atoms with Crippen LogP contribution in [0.25, 0.3) is 0 Å². The lowest BCUT2D eigenvalue weighted by molar-refractivity contribution is -0.157. The first kappa shape index (κ1) is 21.6. The van der Waals surface area contributed by atoms with Crippen molar-refractivity contribution >= 4 is 11.7 Å². The van der Waals surface area contributed by atoms with Gasteiger partial charge in [-0.05, 0) is 72.6 Å². The van der Waals surface area contributed by atoms with Gasteiger partial charge < -0.3 is 10.3 Å². The van der Waals surface area contributed by atoms with Crippen LogP contribution in [0.15, 0.2) is 47.6 Å². The largest absolute Gasteiger partial charge is 0.481 e. The summed E-state index contributed by atoms with van der Waals surface area (Å²) in [7, 11) is 0. The van der Waals surface area contributed by atoms with Gasteiger partial charge in [0.2, 0.25) is 0 Å². The molecule has 31 heavy (non-hydrogen) atoms. The molecule has 1 fully saturated rings. The van der Waals surface area contributed by atoms with E-state index >= 15 is 0 Å². The molecule has 0 spiro atoms. The number of benzene rings is 2. The lowest BCUT2D eigenvalue weighted by Gasteiger charge is -2.53. The number of hydrogen-bond acceptors (Lipinski definition) is 3. The van der Waals surface area contributed by atoms with Gasteiger partial charge in [-0.25, -0.2) is 0 Å². The van der Waals surface area contributed by atoms with Crippen molar-refractivity contribution in [2.45, 2.75) is 71.1 Å². The molecule has 0 aromatic heterocycles. The van der Waals surface area contributed by atoms with Crippen LogP contribution in [0.3, 0.4) is 0 Å². The standard InChI is InChI=1S/C27H33NO3/c1-17(2)20-15-19-11-12-23-26(3,13-8-14-27(23,4)25(29)30)22(19)16-21(20)24(28-31)18-9-6-5-7-10-18/h5-7,9-10,15-17,23,31H,8,11-14H2,1-4H3,(H,29,30)/b28-24+/t23?,26-,27-/m1/s1. The van der Waals surface area contributed by atoms with Crippen LogP contribution in [0, 0.1) is 11.3 Å². The lowest BCUT2D eigenvalue weighted by atomic mass is 9.49. The third-order valence-electron chi connectivity index (χ3n) is 8.04. The van der Waals surface area contributed by atoms with Crippen molar-refractivity contribution < 1.29 is 15.1 Å². The summed E-state index contributed by atoms with van der Waals surface area (Å²) in [5.74, 6) is -0.294. The molecule has 164 valence electrons. The van der Waals surface area contributed by atoms with Gasteiger partial charge in [0.25, 0.3) is 0 Å². The average molecular weight is 420 g/mol. The predicted octanol–water partition coefficient (Wildman–Crippen LogP) is 6.13. The first-order valence-electron chi connectivity index (χ1n) is 11.4. The fourth-order valence-corrected chi connectivity index (χ4v) is 6.34. The van der Waals surface area contributed by atoms with Gasteiger partial charge in [0.05, 0.1) is 5.41 Å². The van der Waals surface area contributed by atoms with E-state index in [4.69, 9.17) is 0 Å². The molecule has 2 aliphatic carbocycles. The summed E-state index contributed by atoms with van der Waals surface area (Å²) in [5, 5.41) is 23.8. The van der Waals surface area contributed by atoms with Crippen LogP contribution >= 0.6 is 0 Å². The van der Waals surface area contributed by atoms with E-state index in [1.165, 1.54) is 16.7 Å². The second kappa shape index (κ2) is 7.81. The SMILES string of the molecule is CC(C)c1cc2c(cc1/C(=N/O)c1ccccc1)[C@@]1(C)CCC[C@@](C)(C(=O)O)C1CC2. The van der Waals surface area contributed by atoms with Crippen molar-refractivity contribution in [3.8, 4) is 0 Å². The van der Waals surface area contributed by atoms with Crippen LogP contribution in [-0.2, 0) is 16.6 Å². The summed E-state index contributed by atoms with van der Waals surface area (Å²) < 4.78 is 0. The average Bonchev–Trinajstić information content (AvgIpc) is 2.74. The third-order valence-corrected chi connectivity index (χ3v) is 8.04. The highest BCUT2D eigenvalue weighted by Gasteiger charge is 2.55. The summed E-state index contributed by atoms with van der Waals surface area (Å²) in [6.07, 6.45) is 4.45. The number of aliphatic carboxylic acids is 1. The van der Waals surface area contributed by atoms with Crippen LogP contribution < -0.4 is 0 Å². The third kappa shape index (κ3) is 3.37. The molecule has 0 radical (unpaired) electrons. The van der Waals surface area contributed by atoms with Gasteiger partial charge in [-0.3, -0.25) is 4.79 Å². The lowest BCUT2D eigenvalue weighted by Crippen LogP contribution is -2.52. The minimum absolute atomic E-state index is 0.0998. The number of rotatable bonds is 4. The molecule has 3 atom stereocenters. The molecule has 0 aliphatic heterocycles. The van der Waals surface area contributed by atoms with E-state index in [9.17, 15) is 15.1 Å². The zero-order valence-electron chi connectivity index (χ0n) is 19.0. The van der Waals surface area contributed by atoms with Gasteiger partial charge in [-0.2, -0.15) is 0 Å². The van der Waals surface area contributed by atoms with Gasteiger partial charge in [-0.15, -0.1) is 0 Å². The van der Waals surface area contributed by atoms with E-state index in [1.807, 2.05) is 37.3 Å². The maximum Gasteiger partial charge on any atom is 0.309 e. The van der Waals surface area contributed by atoms with Gasteiger partial charge in [0, 0.05) is 11.1 Å². The Morgan fingerprint density at radius 3 is 2.45 bits per heavy atom. The molecule has 2 aromatic carbocycles. The molecule has 0 saturated heterocycles. The molecule has 0 heterocycles. The second-order valence-corrected chi connectivity index (χ2v) is 10.2. The van der Waals surface area contributed by atoms with E-state index < -0.39 is 11.4 Å². The molecular formula is C27H33NO3. The first-order chi connectivity index (χ1) is 14.7. The molecule has 2 aliphatic rings. The molecule has 2 N–H and O–H groups in total. The highest BCUT2D eigenvalue weighted by atomic mass is 16.4. The maximum atomic E-state index is 12.3. The van der Waals surface area contributed by atoms with Crippen molar-refractivity contribution in [2.24, 2.45) is 16.5 Å². The number of nitrogens with zero attached hydrogens (tertiary/aromatic N) is 1. The summed E-state index contributed by atoms with van der Waals surface area (Å²) in [4.78, 5) is 12.3. The predicted molar refractivity (Wildman–Crippen MR) is 123 cm³/mol. The normalized spacial score (nSPS) is 28.2. The van der Waals surface area contributed by atoms with Gasteiger partial charge in [-0.1, -0.05) is 68.7 Å². The van der Waals surface area contributed by atoms with Crippen LogP contribution in [-0.4, -0.2) is 22.0 Å². The van der Waals surface area contributed by atoms with Gasteiger partial charge >= 0.3 is 5.97 Å². The second-order valence-electron chi connectivity index (χ2n) is 10.2. The fraction of sp³-hybridized carbons (Fsp3) is 0.481. The van der Waals surface area contributed by atoms with Crippen LogP contribution in [0.4, 0.5) is 0 Å². The van der Waals surface area contributed by atoms with E-state index in [0.29, 0.717) is 5.71 Å². The van der Waals surface area contributed by atoms with Crippen LogP contribution in [0.1, 0.15) is 87.1 Å². The summed E-state index contributed by atoms with van der Waals surface area (Å²) >= 11 is 0. The van der Waals surface area contributed by atoms with Crippen molar-refractivity contribution in [3.05, 3.63) is 70.3 Å². The molecule has 0 amide bonds. The molecule has 1 saturated carbocycles. The Kier molecular flexibility index (Phi) is 5.45. The quantitative estimate of drug-likeness (QED) is 0.356. The molecule has 2 aromatic rings. The number of oxime groups is 1. The molecular weight excluding hydrogens is 386 g/mol. The smallest absolute Gasteiger partial charge is 0.309 e. The highest BCUT2D eigenvalue weighted by Crippen LogP contribution is 2.57. The highest BCUT2D eigenvalue weighted by molar-refractivity contribution is 6.13. The Hall–Kier alpha value is -2.62. The van der Waals surface area contributed by atoms with Gasteiger partial charge in [0.1, 0.15) is 5.71 Å². The zero-order chi connectivity index (χ0) is 22.4. The summed E-state index contributed by atoms with van der Waals surface area (Å²) in [6, 6.07) is 14.3. The molecule has 1 unspecified atom stereocenters. The van der Waals surface area contributed by atoms with Crippen molar-refractivity contribution in [3.63, 3.8) is 0 Å². The molecule has 4 heteroatoms. The van der Waals surface area contributed by atoms with E-state index in [2.05, 4.69) is 38.1 Å². The molecule has 0 bridgehead atoms. The van der Waals surface area contributed by atoms with Crippen molar-refractivity contribution in [1.82, 2.24) is 0 Å². The first-order valence-corrected chi connectivity index (χ1v) is 11.4. The number of carboxylic acid groups (broad SMARTS) is 1. The Morgan fingerprint density at radius 2 is 1.84 bits per heavy atom. The number of fused-ring (bicyclic) bond motifs is 3. The van der Waals surface area contributed by atoms with E-state index in [0.717, 1.165) is 43.2 Å². The number of carbonyl (C=O) groups is 1. The monoisotopic (exact) mass is 419 g/mol. The molecule has 4 rings (SSSR count). The van der Waals surface area contributed by atoms with Gasteiger partial charge in [0.15, 0.2) is 0 Å². The van der Waals surface area contributed by atoms with E-state index in [1.54, 1.807) is 0 Å². The Morgan fingerprint density at radius 1 is 1.13 bits per heavy atom. The Bertz CT molecular complexity index is 1030. The van der Waals surface area contributed by atoms with Crippen LogP contribution in [0.5, 0.6) is 0 Å². The topological polar surface area (TPSA) is 69.9 Å². The number of hydrogen-bond donors (Lipinski definition) is 2. The van der Waals surface area contributed by atoms with Crippen LogP contribution in [0.2, 0.25) is 0 Å². The minimum atomic E-state index is -0.700. The fourth-order valence-electron chi connectivity index (χ4n) is 6.34. The van der Waals surface area contributed by atoms with E-state index in [-0.39, 0.29) is 17.3 Å². The Balaban J connectivity index is 1.92. The van der Waals surface area contributed by atoms with Crippen molar-refractivity contribution in [2.75, 3.05) is 0 Å². The van der Waals surface area contributed by atoms with Crippen molar-refractivity contribution in [1.29, 1.82) is 0 Å². The maximum absolute atomic E-state index is 12.3. The minimum Gasteiger partial charge on any atom is -0.481 e. The summed E-state index contributed by atoms with van der Waals surface area (Å²) in [6.45, 7) is 8.53. The molecule has 4 nitrogen and oxygen atoms in total. The number of carboxylic acids is 1.